The van der Waals surface area contributed by atoms with E-state index in [2.05, 4.69) is 6.07 Å². The second kappa shape index (κ2) is 8.41. The normalized spacial score (nSPS) is 24.8. The summed E-state index contributed by atoms with van der Waals surface area (Å²) in [6.45, 7) is 1.51. The molecule has 0 bridgehead atoms. The summed E-state index contributed by atoms with van der Waals surface area (Å²) in [7, 11) is 0. The number of hydrogen-bond acceptors (Lipinski definition) is 3. The molecule has 2 amide bonds. The minimum atomic E-state index is -0.873. The van der Waals surface area contributed by atoms with E-state index in [1.165, 1.54) is 5.56 Å². The minimum absolute atomic E-state index is 0.00266. The predicted octanol–water partition coefficient (Wildman–Crippen LogP) is 3.66. The van der Waals surface area contributed by atoms with Gasteiger partial charge in [0.05, 0.1) is 17.9 Å². The van der Waals surface area contributed by atoms with Crippen LogP contribution in [0.5, 0.6) is 0 Å². The van der Waals surface area contributed by atoms with E-state index in [4.69, 9.17) is 0 Å². The van der Waals surface area contributed by atoms with E-state index in [1.54, 1.807) is 0 Å². The number of nitrogens with zero attached hydrogens (tertiary/aromatic N) is 2. The molecule has 0 spiro atoms. The molecule has 6 heteroatoms. The number of rotatable bonds is 4. The first-order chi connectivity index (χ1) is 15.5. The Labute approximate surface area is 187 Å². The predicted molar refractivity (Wildman–Crippen MR) is 119 cm³/mol. The third kappa shape index (κ3) is 3.57. The molecule has 5 rings (SSSR count). The van der Waals surface area contributed by atoms with Crippen molar-refractivity contribution in [2.45, 2.75) is 44.7 Å². The third-order valence-electron chi connectivity index (χ3n) is 7.39. The summed E-state index contributed by atoms with van der Waals surface area (Å²) < 4.78 is 0. The quantitative estimate of drug-likeness (QED) is 0.800. The van der Waals surface area contributed by atoms with E-state index >= 15 is 0 Å². The molecule has 1 saturated carbocycles. The standard InChI is InChI=1S/C26H28N2O4/c29-24-20-10-4-2-8-18(20)15-27(24)16-23-19-9-3-1-7-17(19)13-14-28(23)25(30)21-11-5-6-12-22(21)26(31)32/h1-4,7-10,21-23H,5-6,11-16H2,(H,31,32)/t21-,22+,23?/m1/s1. The molecule has 3 atom stereocenters. The number of hydrogen-bond donors (Lipinski definition) is 1. The molecule has 166 valence electrons. The molecule has 32 heavy (non-hydrogen) atoms. The highest BCUT2D eigenvalue weighted by Crippen LogP contribution is 2.38. The van der Waals surface area contributed by atoms with Crippen molar-refractivity contribution >= 4 is 17.8 Å². The maximum absolute atomic E-state index is 13.7. The van der Waals surface area contributed by atoms with E-state index in [-0.39, 0.29) is 17.9 Å². The zero-order valence-electron chi connectivity index (χ0n) is 18.1. The SMILES string of the molecule is O=C(O)[C@H]1CCCC[C@H]1C(=O)N1CCc2ccccc2C1CN1Cc2ccccc2C1=O. The molecular formula is C26H28N2O4. The van der Waals surface area contributed by atoms with Crippen LogP contribution in [-0.2, 0) is 22.6 Å². The lowest BCUT2D eigenvalue weighted by molar-refractivity contribution is -0.153. The Hall–Kier alpha value is -3.15. The van der Waals surface area contributed by atoms with Crippen molar-refractivity contribution in [3.63, 3.8) is 0 Å². The number of aliphatic carboxylic acids is 1. The number of carbonyl (C=O) groups excluding carboxylic acids is 2. The summed E-state index contributed by atoms with van der Waals surface area (Å²) in [5, 5.41) is 9.72. The lowest BCUT2D eigenvalue weighted by Crippen LogP contribution is -2.49. The minimum Gasteiger partial charge on any atom is -0.481 e. The smallest absolute Gasteiger partial charge is 0.307 e. The fourth-order valence-corrected chi connectivity index (χ4v) is 5.72. The Balaban J connectivity index is 1.45. The lowest BCUT2D eigenvalue weighted by Gasteiger charge is -2.42. The average molecular weight is 433 g/mol. The summed E-state index contributed by atoms with van der Waals surface area (Å²) in [6.07, 6.45) is 3.66. The average Bonchev–Trinajstić information content (AvgIpc) is 3.14. The summed E-state index contributed by atoms with van der Waals surface area (Å²) in [4.78, 5) is 42.3. The Kier molecular flexibility index (Phi) is 5.45. The van der Waals surface area contributed by atoms with E-state index in [0.717, 1.165) is 36.0 Å². The van der Waals surface area contributed by atoms with Gasteiger partial charge in [0.1, 0.15) is 0 Å². The monoisotopic (exact) mass is 432 g/mol. The number of amides is 2. The molecule has 1 N–H and O–H groups in total. The zero-order valence-corrected chi connectivity index (χ0v) is 18.1. The summed E-state index contributed by atoms with van der Waals surface area (Å²) >= 11 is 0. The van der Waals surface area contributed by atoms with Crippen LogP contribution in [0.25, 0.3) is 0 Å². The van der Waals surface area contributed by atoms with Crippen molar-refractivity contribution in [2.75, 3.05) is 13.1 Å². The van der Waals surface area contributed by atoms with Crippen molar-refractivity contribution in [3.8, 4) is 0 Å². The fourth-order valence-electron chi connectivity index (χ4n) is 5.72. The molecule has 3 aliphatic rings. The number of carboxylic acids is 1. The van der Waals surface area contributed by atoms with Gasteiger partial charge >= 0.3 is 5.97 Å². The Morgan fingerprint density at radius 3 is 2.38 bits per heavy atom. The van der Waals surface area contributed by atoms with Crippen LogP contribution >= 0.6 is 0 Å². The largest absolute Gasteiger partial charge is 0.481 e. The van der Waals surface area contributed by atoms with Gasteiger partial charge in [-0.2, -0.15) is 0 Å². The van der Waals surface area contributed by atoms with Crippen LogP contribution in [0.2, 0.25) is 0 Å². The third-order valence-corrected chi connectivity index (χ3v) is 7.39. The number of carboxylic acid groups (broad SMARTS) is 1. The highest BCUT2D eigenvalue weighted by Gasteiger charge is 2.42. The van der Waals surface area contributed by atoms with Gasteiger partial charge in [-0.1, -0.05) is 55.3 Å². The first-order valence-corrected chi connectivity index (χ1v) is 11.5. The van der Waals surface area contributed by atoms with Crippen molar-refractivity contribution in [3.05, 3.63) is 70.8 Å². The summed E-state index contributed by atoms with van der Waals surface area (Å²) in [5.74, 6) is -2.05. The molecule has 0 aromatic heterocycles. The molecular weight excluding hydrogens is 404 g/mol. The van der Waals surface area contributed by atoms with Crippen LogP contribution in [0, 0.1) is 11.8 Å². The molecule has 1 unspecified atom stereocenters. The van der Waals surface area contributed by atoms with Crippen LogP contribution in [0.1, 0.15) is 58.8 Å². The van der Waals surface area contributed by atoms with Crippen molar-refractivity contribution in [1.29, 1.82) is 0 Å². The molecule has 0 saturated heterocycles. The van der Waals surface area contributed by atoms with Gasteiger partial charge in [0.25, 0.3) is 5.91 Å². The highest BCUT2D eigenvalue weighted by atomic mass is 16.4. The maximum Gasteiger partial charge on any atom is 0.307 e. The molecule has 0 radical (unpaired) electrons. The molecule has 2 aromatic rings. The number of benzene rings is 2. The fraction of sp³-hybridized carbons (Fsp3) is 0.423. The van der Waals surface area contributed by atoms with Gasteiger partial charge in [-0.3, -0.25) is 14.4 Å². The molecule has 2 heterocycles. The van der Waals surface area contributed by atoms with E-state index < -0.39 is 17.8 Å². The second-order valence-corrected chi connectivity index (χ2v) is 9.17. The lowest BCUT2D eigenvalue weighted by atomic mass is 9.77. The highest BCUT2D eigenvalue weighted by molar-refractivity contribution is 5.98. The Morgan fingerprint density at radius 1 is 0.938 bits per heavy atom. The topological polar surface area (TPSA) is 77.9 Å². The first kappa shape index (κ1) is 20.7. The van der Waals surface area contributed by atoms with Gasteiger partial charge in [-0.05, 0) is 42.0 Å². The molecule has 1 aliphatic carbocycles. The van der Waals surface area contributed by atoms with E-state index in [9.17, 15) is 19.5 Å². The van der Waals surface area contributed by atoms with Gasteiger partial charge in [0, 0.05) is 25.2 Å². The Bertz CT molecular complexity index is 1070. The van der Waals surface area contributed by atoms with Crippen LogP contribution in [0.3, 0.4) is 0 Å². The molecule has 1 fully saturated rings. The van der Waals surface area contributed by atoms with Crippen molar-refractivity contribution < 1.29 is 19.5 Å². The molecule has 2 aliphatic heterocycles. The van der Waals surface area contributed by atoms with Crippen LogP contribution in [-0.4, -0.2) is 45.8 Å². The van der Waals surface area contributed by atoms with Crippen LogP contribution < -0.4 is 0 Å². The van der Waals surface area contributed by atoms with Gasteiger partial charge in [0.2, 0.25) is 5.91 Å². The number of fused-ring (bicyclic) bond motifs is 2. The van der Waals surface area contributed by atoms with Gasteiger partial charge in [-0.15, -0.1) is 0 Å². The van der Waals surface area contributed by atoms with Gasteiger partial charge < -0.3 is 14.9 Å². The van der Waals surface area contributed by atoms with E-state index in [0.29, 0.717) is 32.5 Å². The zero-order chi connectivity index (χ0) is 22.2. The van der Waals surface area contributed by atoms with E-state index in [1.807, 2.05) is 52.3 Å². The van der Waals surface area contributed by atoms with Gasteiger partial charge in [0.15, 0.2) is 0 Å². The van der Waals surface area contributed by atoms with Crippen LogP contribution in [0.4, 0.5) is 0 Å². The molecule has 2 aromatic carbocycles. The Morgan fingerprint density at radius 2 is 1.62 bits per heavy atom. The maximum atomic E-state index is 13.7. The van der Waals surface area contributed by atoms with Crippen molar-refractivity contribution in [2.24, 2.45) is 11.8 Å². The first-order valence-electron chi connectivity index (χ1n) is 11.5. The summed E-state index contributed by atoms with van der Waals surface area (Å²) in [5.41, 5.74) is 4.01. The van der Waals surface area contributed by atoms with Gasteiger partial charge in [-0.25, -0.2) is 0 Å². The second-order valence-electron chi connectivity index (χ2n) is 9.17. The van der Waals surface area contributed by atoms with Crippen molar-refractivity contribution in [1.82, 2.24) is 9.80 Å². The van der Waals surface area contributed by atoms with Crippen LogP contribution in [0.15, 0.2) is 48.5 Å². The summed E-state index contributed by atoms with van der Waals surface area (Å²) in [6, 6.07) is 15.5. The molecule has 6 nitrogen and oxygen atoms in total. The number of carbonyl (C=O) groups is 3.